The van der Waals surface area contributed by atoms with Crippen molar-refractivity contribution in [1.82, 2.24) is 4.90 Å². The highest BCUT2D eigenvalue weighted by Crippen LogP contribution is 2.30. The van der Waals surface area contributed by atoms with Gasteiger partial charge in [0.15, 0.2) is 5.78 Å². The summed E-state index contributed by atoms with van der Waals surface area (Å²) in [4.78, 5) is 25.2. The zero-order valence-electron chi connectivity index (χ0n) is 11.9. The minimum atomic E-state index is -0.418. The number of Topliss-reactive ketones (excluding diaryl/α,β-unsaturated/α-hetero) is 1. The van der Waals surface area contributed by atoms with Gasteiger partial charge in [0.1, 0.15) is 6.23 Å². The average molecular weight is 283 g/mol. The first-order valence-electron chi connectivity index (χ1n) is 6.94. The number of nitrogens with zero attached hydrogens (tertiary/aromatic N) is 1. The molecule has 0 bridgehead atoms. The molecule has 112 valence electrons. The first kappa shape index (κ1) is 15.2. The van der Waals surface area contributed by atoms with Crippen molar-refractivity contribution in [1.29, 1.82) is 0 Å². The lowest BCUT2D eigenvalue weighted by atomic mass is 10.0. The zero-order valence-corrected chi connectivity index (χ0v) is 11.9. The van der Waals surface area contributed by atoms with Crippen molar-refractivity contribution in [2.45, 2.75) is 51.0 Å². The van der Waals surface area contributed by atoms with Crippen LogP contribution in [0.4, 0.5) is 0 Å². The number of carbonyl (C=O) groups excluding carboxylic acids is 2. The van der Waals surface area contributed by atoms with Crippen LogP contribution in [0.5, 0.6) is 0 Å². The van der Waals surface area contributed by atoms with Gasteiger partial charge in [-0.05, 0) is 12.8 Å². The molecule has 0 saturated carbocycles. The summed E-state index contributed by atoms with van der Waals surface area (Å²) in [5.41, 5.74) is 0.646. The Balaban J connectivity index is 2.13. The Morgan fingerprint density at radius 3 is 2.85 bits per heavy atom. The minimum Gasteiger partial charge on any atom is -0.396 e. The average Bonchev–Trinajstić information content (AvgIpc) is 2.82. The van der Waals surface area contributed by atoms with E-state index in [0.717, 1.165) is 0 Å². The normalized spacial score (nSPS) is 30.9. The lowest BCUT2D eigenvalue weighted by Crippen LogP contribution is -2.40. The Labute approximate surface area is 118 Å². The maximum absolute atomic E-state index is 12.0. The van der Waals surface area contributed by atoms with Crippen LogP contribution in [-0.4, -0.2) is 53.8 Å². The Morgan fingerprint density at radius 1 is 1.50 bits per heavy atom. The van der Waals surface area contributed by atoms with Crippen LogP contribution in [0.1, 0.15) is 32.6 Å². The molecule has 3 atom stereocenters. The summed E-state index contributed by atoms with van der Waals surface area (Å²) in [6.45, 7) is 1.90. The molecule has 1 N–H and O–H groups in total. The number of amides is 1. The summed E-state index contributed by atoms with van der Waals surface area (Å²) in [6, 6.07) is 0. The second kappa shape index (κ2) is 6.47. The van der Waals surface area contributed by atoms with Crippen molar-refractivity contribution in [2.75, 3.05) is 13.7 Å². The van der Waals surface area contributed by atoms with Gasteiger partial charge in [0.25, 0.3) is 0 Å². The SMILES string of the molecule is CCC1=CN(C2CC(OC)C(CCO)O2)C(=O)CC1=O. The molecule has 0 aromatic rings. The Kier molecular flexibility index (Phi) is 4.91. The molecule has 2 aliphatic rings. The van der Waals surface area contributed by atoms with E-state index in [1.54, 1.807) is 13.3 Å². The van der Waals surface area contributed by atoms with Crippen molar-refractivity contribution >= 4 is 11.7 Å². The van der Waals surface area contributed by atoms with Crippen LogP contribution in [0.15, 0.2) is 11.8 Å². The summed E-state index contributed by atoms with van der Waals surface area (Å²) in [7, 11) is 1.59. The van der Waals surface area contributed by atoms with E-state index in [0.29, 0.717) is 24.8 Å². The predicted octanol–water partition coefficient (Wildman–Crippen LogP) is 0.594. The van der Waals surface area contributed by atoms with E-state index in [-0.39, 0.29) is 36.9 Å². The number of methoxy groups -OCH3 is 1. The second-order valence-corrected chi connectivity index (χ2v) is 5.06. The van der Waals surface area contributed by atoms with Crippen LogP contribution in [0.3, 0.4) is 0 Å². The van der Waals surface area contributed by atoms with E-state index in [1.165, 1.54) is 4.90 Å². The predicted molar refractivity (Wildman–Crippen MR) is 70.6 cm³/mol. The van der Waals surface area contributed by atoms with Crippen LogP contribution < -0.4 is 0 Å². The highest BCUT2D eigenvalue weighted by Gasteiger charge is 2.40. The molecule has 3 unspecified atom stereocenters. The lowest BCUT2D eigenvalue weighted by Gasteiger charge is -2.29. The molecule has 2 rings (SSSR count). The maximum atomic E-state index is 12.0. The fourth-order valence-electron chi connectivity index (χ4n) is 2.69. The van der Waals surface area contributed by atoms with E-state index in [2.05, 4.69) is 0 Å². The molecule has 1 saturated heterocycles. The van der Waals surface area contributed by atoms with Crippen molar-refractivity contribution in [3.8, 4) is 0 Å². The van der Waals surface area contributed by atoms with Crippen LogP contribution in [0.2, 0.25) is 0 Å². The summed E-state index contributed by atoms with van der Waals surface area (Å²) < 4.78 is 11.2. The molecule has 0 spiro atoms. The van der Waals surface area contributed by atoms with Gasteiger partial charge < -0.3 is 14.6 Å². The first-order valence-corrected chi connectivity index (χ1v) is 6.94. The summed E-state index contributed by atoms with van der Waals surface area (Å²) in [6.07, 6.45) is 2.35. The van der Waals surface area contributed by atoms with Gasteiger partial charge in [0.2, 0.25) is 5.91 Å². The summed E-state index contributed by atoms with van der Waals surface area (Å²) in [5, 5.41) is 9.03. The number of aliphatic hydroxyl groups excluding tert-OH is 1. The monoisotopic (exact) mass is 283 g/mol. The van der Waals surface area contributed by atoms with E-state index in [1.807, 2.05) is 6.92 Å². The molecule has 0 aliphatic carbocycles. The molecule has 1 fully saturated rings. The number of rotatable bonds is 5. The van der Waals surface area contributed by atoms with E-state index in [9.17, 15) is 9.59 Å². The smallest absolute Gasteiger partial charge is 0.236 e. The largest absolute Gasteiger partial charge is 0.396 e. The molecular weight excluding hydrogens is 262 g/mol. The van der Waals surface area contributed by atoms with Gasteiger partial charge in [-0.25, -0.2) is 0 Å². The Hall–Kier alpha value is -1.24. The molecule has 6 nitrogen and oxygen atoms in total. The molecule has 2 heterocycles. The summed E-state index contributed by atoms with van der Waals surface area (Å²) in [5.74, 6) is -0.348. The van der Waals surface area contributed by atoms with Crippen molar-refractivity contribution < 1.29 is 24.2 Å². The standard InChI is InChI=1S/C14H21NO5/c1-3-9-8-15(13(18)6-10(9)17)14-7-12(19-2)11(20-14)4-5-16/h8,11-12,14,16H,3-7H2,1-2H3. The van der Waals surface area contributed by atoms with Crippen LogP contribution in [0.25, 0.3) is 0 Å². The van der Waals surface area contributed by atoms with E-state index >= 15 is 0 Å². The number of hydrogen-bond acceptors (Lipinski definition) is 5. The van der Waals surface area contributed by atoms with Gasteiger partial charge in [-0.3, -0.25) is 14.5 Å². The number of ether oxygens (including phenoxy) is 2. The maximum Gasteiger partial charge on any atom is 0.236 e. The molecule has 0 radical (unpaired) electrons. The third-order valence-electron chi connectivity index (χ3n) is 3.84. The molecule has 0 aromatic heterocycles. The van der Waals surface area contributed by atoms with Gasteiger partial charge in [-0.1, -0.05) is 6.92 Å². The second-order valence-electron chi connectivity index (χ2n) is 5.06. The number of allylic oxidation sites excluding steroid dienone is 1. The highest BCUT2D eigenvalue weighted by atomic mass is 16.6. The minimum absolute atomic E-state index is 0.0136. The van der Waals surface area contributed by atoms with Crippen molar-refractivity contribution in [3.05, 3.63) is 11.8 Å². The summed E-state index contributed by atoms with van der Waals surface area (Å²) >= 11 is 0. The van der Waals surface area contributed by atoms with Crippen LogP contribution in [-0.2, 0) is 19.1 Å². The molecule has 2 aliphatic heterocycles. The van der Waals surface area contributed by atoms with Crippen molar-refractivity contribution in [2.24, 2.45) is 0 Å². The Bertz CT molecular complexity index is 420. The van der Waals surface area contributed by atoms with E-state index < -0.39 is 6.23 Å². The molecule has 0 aromatic carbocycles. The van der Waals surface area contributed by atoms with Gasteiger partial charge in [-0.2, -0.15) is 0 Å². The quantitative estimate of drug-likeness (QED) is 0.748. The van der Waals surface area contributed by atoms with Crippen LogP contribution >= 0.6 is 0 Å². The number of ketones is 1. The van der Waals surface area contributed by atoms with Gasteiger partial charge in [0.05, 0.1) is 18.6 Å². The van der Waals surface area contributed by atoms with Gasteiger partial charge >= 0.3 is 0 Å². The third-order valence-corrected chi connectivity index (χ3v) is 3.84. The highest BCUT2D eigenvalue weighted by molar-refractivity contribution is 6.09. The van der Waals surface area contributed by atoms with Crippen LogP contribution in [0, 0.1) is 0 Å². The van der Waals surface area contributed by atoms with Gasteiger partial charge in [-0.15, -0.1) is 0 Å². The number of carbonyl (C=O) groups is 2. The van der Waals surface area contributed by atoms with E-state index in [4.69, 9.17) is 14.6 Å². The van der Waals surface area contributed by atoms with Crippen molar-refractivity contribution in [3.63, 3.8) is 0 Å². The molecule has 6 heteroatoms. The fraction of sp³-hybridized carbons (Fsp3) is 0.714. The molecular formula is C14H21NO5. The number of aliphatic hydroxyl groups is 1. The van der Waals surface area contributed by atoms with Gasteiger partial charge in [0, 0.05) is 31.9 Å². The Morgan fingerprint density at radius 2 is 2.25 bits per heavy atom. The lowest BCUT2D eigenvalue weighted by molar-refractivity contribution is -0.143. The zero-order chi connectivity index (χ0) is 14.7. The third kappa shape index (κ3) is 2.92. The molecule has 1 amide bonds. The number of hydrogen-bond donors (Lipinski definition) is 1. The fourth-order valence-corrected chi connectivity index (χ4v) is 2.69. The molecule has 20 heavy (non-hydrogen) atoms. The topological polar surface area (TPSA) is 76.1 Å². The first-order chi connectivity index (χ1) is 9.60.